The average Bonchev–Trinajstić information content (AvgIpc) is 3.35. The molecule has 0 aromatic heterocycles. The molecule has 0 aromatic rings. The summed E-state index contributed by atoms with van der Waals surface area (Å²) in [5.74, 6) is -4.04. The van der Waals surface area contributed by atoms with Crippen molar-refractivity contribution in [1.82, 2.24) is 0 Å². The zero-order chi connectivity index (χ0) is 57.1. The molecule has 0 bridgehead atoms. The second-order valence-corrected chi connectivity index (χ2v) is 22.8. The monoisotopic (exact) mass is 1100 g/mol. The standard InChI is InChI=1S/C58H96O19/c1-31-18-16-17-19-41(67-13)25-42(74-55(63)35(5)24-33(3)22-32(2)23-34(4)44(21-20-31)75-56-52(62)51(61)53(69-15)39(9)72-56)28-58(65)37(7)49(59)36(6)45(77-58)26-43(30-66-12)73-48-29-57(11,64)54(40(10)71-48)76-47-27-46(68-14)50(60)38(8)70-47/h18,20-24,34,36-54,56,59-62,64-65H,16-17,19,25-30H2,1-15H3/b21-20+,31-18+,32-23+,33-22+,35-24+/t34-,36+,37-,38-,39+,40+,41-,42?,43-,44-,45-,46-,47+,48+,49+,50-,51+,52-,53+,54+,56+,57+,58+/m1/s1. The van der Waals surface area contributed by atoms with Gasteiger partial charge in [0.1, 0.15) is 36.6 Å². The van der Waals surface area contributed by atoms with Crippen LogP contribution in [0.4, 0.5) is 0 Å². The molecular formula is C58H96O19. The summed E-state index contributed by atoms with van der Waals surface area (Å²) in [5.41, 5.74) is 1.54. The lowest BCUT2D eigenvalue weighted by Gasteiger charge is -2.50. The Morgan fingerprint density at radius 2 is 1.47 bits per heavy atom. The molecule has 0 spiro atoms. The topological polar surface area (TPSA) is 249 Å². The molecule has 23 atom stereocenters. The van der Waals surface area contributed by atoms with Crippen LogP contribution >= 0.6 is 0 Å². The van der Waals surface area contributed by atoms with Gasteiger partial charge < -0.3 is 87.5 Å². The van der Waals surface area contributed by atoms with Gasteiger partial charge in [0.2, 0.25) is 0 Å². The fourth-order valence-electron chi connectivity index (χ4n) is 11.6. The fraction of sp³-hybridized carbons (Fsp3) is 0.810. The number of allylic oxidation sites excluding steroid dienone is 7. The highest BCUT2D eigenvalue weighted by Gasteiger charge is 2.53. The Morgan fingerprint density at radius 1 is 0.766 bits per heavy atom. The summed E-state index contributed by atoms with van der Waals surface area (Å²) in [6.45, 7) is 20.1. The molecule has 4 fully saturated rings. The van der Waals surface area contributed by atoms with E-state index in [0.717, 1.165) is 23.1 Å². The van der Waals surface area contributed by atoms with Crippen molar-refractivity contribution in [2.45, 2.75) is 249 Å². The third-order valence-electron chi connectivity index (χ3n) is 16.1. The van der Waals surface area contributed by atoms with Crippen molar-refractivity contribution in [2.24, 2.45) is 17.8 Å². The molecule has 0 amide bonds. The first kappa shape index (κ1) is 65.3. The normalized spacial score (nSPS) is 46.2. The Hall–Kier alpha value is -2.51. The Balaban J connectivity index is 1.33. The van der Waals surface area contributed by atoms with E-state index in [1.807, 2.05) is 58.9 Å². The van der Waals surface area contributed by atoms with E-state index in [4.69, 9.17) is 56.8 Å². The minimum Gasteiger partial charge on any atom is -0.459 e. The molecule has 442 valence electrons. The van der Waals surface area contributed by atoms with Crippen LogP contribution in [0.25, 0.3) is 0 Å². The van der Waals surface area contributed by atoms with E-state index in [9.17, 15) is 35.4 Å². The number of hydrogen-bond donors (Lipinski definition) is 6. The number of carbonyl (C=O) groups excluding carboxylic acids is 1. The summed E-state index contributed by atoms with van der Waals surface area (Å²) >= 11 is 0. The Morgan fingerprint density at radius 3 is 2.12 bits per heavy atom. The number of cyclic esters (lactones) is 1. The van der Waals surface area contributed by atoms with Crippen molar-refractivity contribution >= 4 is 5.97 Å². The number of aliphatic hydroxyl groups is 6. The Bertz CT molecular complexity index is 2010. The number of carbonyl (C=O) groups is 1. The van der Waals surface area contributed by atoms with Gasteiger partial charge in [0, 0.05) is 83.9 Å². The van der Waals surface area contributed by atoms with Gasteiger partial charge in [-0.1, -0.05) is 67.9 Å². The SMILES string of the molecule is COC[C@@H](C[C@H]1O[C@@](O)(CC2C[C@H](OC)CCC/C=C(C)/C=C/[C@@H](O[C@@H]3O[C@@H](C)[C@H](OC)[C@@H](O)[C@H]3O)[C@H](C)/C=C(C)/C=C(C)/C=C(\C)C(=O)O2)[C@H](C)[C@@H](O)[C@H]1C)O[C@H]1C[C@](C)(O)[C@@H](O[C@H]2C[C@@H](OC)[C@H](O)[C@@H](C)O2)[C@H](C)O1. The van der Waals surface area contributed by atoms with E-state index in [1.54, 1.807) is 54.7 Å². The van der Waals surface area contributed by atoms with Gasteiger partial charge in [0.25, 0.3) is 0 Å². The zero-order valence-corrected chi connectivity index (χ0v) is 48.4. The maximum Gasteiger partial charge on any atom is 0.333 e. The van der Waals surface area contributed by atoms with Gasteiger partial charge in [-0.05, 0) is 80.7 Å². The van der Waals surface area contributed by atoms with Crippen LogP contribution in [0, 0.1) is 17.8 Å². The van der Waals surface area contributed by atoms with Crippen molar-refractivity contribution in [1.29, 1.82) is 0 Å². The summed E-state index contributed by atoms with van der Waals surface area (Å²) < 4.78 is 72.9. The molecule has 1 unspecified atom stereocenters. The predicted octanol–water partition coefficient (Wildman–Crippen LogP) is 5.65. The highest BCUT2D eigenvalue weighted by Crippen LogP contribution is 2.43. The van der Waals surface area contributed by atoms with E-state index < -0.39 is 134 Å². The van der Waals surface area contributed by atoms with Crippen molar-refractivity contribution in [3.8, 4) is 0 Å². The van der Waals surface area contributed by atoms with Gasteiger partial charge in [-0.2, -0.15) is 0 Å². The van der Waals surface area contributed by atoms with E-state index in [0.29, 0.717) is 18.4 Å². The average molecular weight is 1100 g/mol. The van der Waals surface area contributed by atoms with Crippen LogP contribution in [-0.2, 0) is 61.6 Å². The van der Waals surface area contributed by atoms with Gasteiger partial charge in [-0.15, -0.1) is 0 Å². The van der Waals surface area contributed by atoms with Gasteiger partial charge in [0.15, 0.2) is 24.7 Å². The molecule has 0 aliphatic carbocycles. The van der Waals surface area contributed by atoms with Crippen molar-refractivity contribution < 1.29 is 92.3 Å². The number of esters is 1. The predicted molar refractivity (Wildman–Crippen MR) is 285 cm³/mol. The molecule has 4 saturated heterocycles. The molecule has 0 radical (unpaired) electrons. The van der Waals surface area contributed by atoms with Crippen molar-refractivity contribution in [3.63, 3.8) is 0 Å². The smallest absolute Gasteiger partial charge is 0.333 e. The molecule has 5 aliphatic heterocycles. The first-order valence-electron chi connectivity index (χ1n) is 27.7. The van der Waals surface area contributed by atoms with Crippen LogP contribution in [0.3, 0.4) is 0 Å². The first-order chi connectivity index (χ1) is 36.2. The van der Waals surface area contributed by atoms with E-state index in [2.05, 4.69) is 6.08 Å². The Kier molecular flexibility index (Phi) is 25.0. The number of methoxy groups -OCH3 is 4. The minimum absolute atomic E-state index is 0.0345. The summed E-state index contributed by atoms with van der Waals surface area (Å²) in [6.07, 6.45) is 0.145. The lowest BCUT2D eigenvalue weighted by Crippen LogP contribution is -2.60. The maximum atomic E-state index is 14.1. The largest absolute Gasteiger partial charge is 0.459 e. The highest BCUT2D eigenvalue weighted by atomic mass is 16.7. The highest BCUT2D eigenvalue weighted by molar-refractivity contribution is 5.88. The number of hydrogen-bond acceptors (Lipinski definition) is 19. The van der Waals surface area contributed by atoms with Crippen LogP contribution in [0.1, 0.15) is 128 Å². The fourth-order valence-corrected chi connectivity index (χ4v) is 11.6. The molecule has 19 heteroatoms. The summed E-state index contributed by atoms with van der Waals surface area (Å²) in [4.78, 5) is 14.1. The third-order valence-corrected chi connectivity index (χ3v) is 16.1. The van der Waals surface area contributed by atoms with Crippen LogP contribution in [0.2, 0.25) is 0 Å². The molecule has 6 N–H and O–H groups in total. The maximum absolute atomic E-state index is 14.1. The molecule has 0 saturated carbocycles. The summed E-state index contributed by atoms with van der Waals surface area (Å²) in [5, 5.41) is 68.5. The second kappa shape index (κ2) is 29.5. The van der Waals surface area contributed by atoms with E-state index >= 15 is 0 Å². The number of aliphatic hydroxyl groups excluding tert-OH is 4. The van der Waals surface area contributed by atoms with Gasteiger partial charge in [-0.25, -0.2) is 4.79 Å². The second-order valence-electron chi connectivity index (χ2n) is 22.8. The third kappa shape index (κ3) is 17.7. The van der Waals surface area contributed by atoms with Gasteiger partial charge >= 0.3 is 5.97 Å². The van der Waals surface area contributed by atoms with E-state index in [-0.39, 0.29) is 50.7 Å². The Labute approximate surface area is 457 Å². The number of rotatable bonds is 15. The van der Waals surface area contributed by atoms with E-state index in [1.165, 1.54) is 21.3 Å². The van der Waals surface area contributed by atoms with Gasteiger partial charge in [0.05, 0.1) is 67.1 Å². The first-order valence-corrected chi connectivity index (χ1v) is 27.7. The molecule has 5 rings (SSSR count). The summed E-state index contributed by atoms with van der Waals surface area (Å²) in [7, 11) is 6.12. The molecule has 77 heavy (non-hydrogen) atoms. The van der Waals surface area contributed by atoms with Crippen molar-refractivity contribution in [2.75, 3.05) is 35.0 Å². The molecule has 5 heterocycles. The lowest BCUT2D eigenvalue weighted by molar-refractivity contribution is -0.343. The lowest BCUT2D eigenvalue weighted by atomic mass is 9.77. The van der Waals surface area contributed by atoms with Gasteiger partial charge in [-0.3, -0.25) is 0 Å². The molecular weight excluding hydrogens is 1000 g/mol. The van der Waals surface area contributed by atoms with Crippen LogP contribution in [-0.4, -0.2) is 193 Å². The quantitative estimate of drug-likeness (QED) is 0.109. The molecule has 0 aromatic carbocycles. The zero-order valence-electron chi connectivity index (χ0n) is 48.4. The molecule has 5 aliphatic rings. The van der Waals surface area contributed by atoms with Crippen LogP contribution < -0.4 is 0 Å². The van der Waals surface area contributed by atoms with Crippen LogP contribution in [0.5, 0.6) is 0 Å². The van der Waals surface area contributed by atoms with Crippen LogP contribution in [0.15, 0.2) is 58.7 Å². The summed E-state index contributed by atoms with van der Waals surface area (Å²) in [6, 6.07) is 0. The minimum atomic E-state index is -1.96. The number of ether oxygens (including phenoxy) is 12. The van der Waals surface area contributed by atoms with Crippen molar-refractivity contribution in [3.05, 3.63) is 58.7 Å². The molecule has 19 nitrogen and oxygen atoms in total.